The number of hydrogen-bond acceptors (Lipinski definition) is 11. The molecule has 3 amide bonds. The van der Waals surface area contributed by atoms with Gasteiger partial charge in [-0.05, 0) is 146 Å². The molecule has 0 saturated heterocycles. The van der Waals surface area contributed by atoms with Crippen molar-refractivity contribution in [1.29, 1.82) is 0 Å². The van der Waals surface area contributed by atoms with Crippen molar-refractivity contribution >= 4 is 87.6 Å². The first-order chi connectivity index (χ1) is 40.4. The first-order valence-corrected chi connectivity index (χ1v) is 29.4. The largest absolute Gasteiger partial charge is 0.397 e. The van der Waals surface area contributed by atoms with Gasteiger partial charge in [0, 0.05) is 53.3 Å². The Hall–Kier alpha value is -11.1. The first-order valence-electron chi connectivity index (χ1n) is 25.0. The SMILES string of the molecule is CNC(=O)/C=C/C#Cc1ccc(NS(=O)(=O)c2ccccc2)cc1.Nc1ccccc1NC(=O)/C=C/C#Cc1ccc(NS(=O)(=O)c2ccccc2)cc1.Nc1ccccc1NC(=O)/C=C/C#Cc1cccc(NS(=O)(=O)c2ccccc2)c1. The first kappa shape index (κ1) is 62.1. The van der Waals surface area contributed by atoms with Gasteiger partial charge in [-0.2, -0.15) is 0 Å². The Labute approximate surface area is 488 Å². The van der Waals surface area contributed by atoms with Gasteiger partial charge >= 0.3 is 0 Å². The summed E-state index contributed by atoms with van der Waals surface area (Å²) in [6, 6.07) is 58.3. The van der Waals surface area contributed by atoms with Crippen molar-refractivity contribution in [3.8, 4) is 35.5 Å². The van der Waals surface area contributed by atoms with Gasteiger partial charge in [-0.3, -0.25) is 28.5 Å². The third-order valence-electron chi connectivity index (χ3n) is 10.8. The second-order valence-electron chi connectivity index (χ2n) is 17.1. The monoisotopic (exact) mass is 1170 g/mol. The maximum Gasteiger partial charge on any atom is 0.261 e. The van der Waals surface area contributed by atoms with E-state index in [9.17, 15) is 39.6 Å². The summed E-state index contributed by atoms with van der Waals surface area (Å²) in [4.78, 5) is 35.4. The second kappa shape index (κ2) is 31.1. The van der Waals surface area contributed by atoms with Crippen LogP contribution in [0.2, 0.25) is 0 Å². The molecular weight excluding hydrogens is 1120 g/mol. The quantitative estimate of drug-likeness (QED) is 0.0288. The molecule has 8 aromatic rings. The summed E-state index contributed by atoms with van der Waals surface area (Å²) in [7, 11) is -9.38. The van der Waals surface area contributed by atoms with Crippen LogP contribution in [0.15, 0.2) is 263 Å². The van der Waals surface area contributed by atoms with Crippen LogP contribution in [-0.2, 0) is 44.5 Å². The van der Waals surface area contributed by atoms with E-state index in [4.69, 9.17) is 11.5 Å². The van der Waals surface area contributed by atoms with Crippen molar-refractivity contribution in [2.24, 2.45) is 0 Å². The van der Waals surface area contributed by atoms with E-state index in [2.05, 4.69) is 65.6 Å². The lowest BCUT2D eigenvalue weighted by atomic mass is 10.2. The van der Waals surface area contributed by atoms with Crippen molar-refractivity contribution in [3.05, 3.63) is 265 Å². The highest BCUT2D eigenvalue weighted by Gasteiger charge is 2.15. The number of anilines is 7. The molecule has 0 atom stereocenters. The zero-order valence-electron chi connectivity index (χ0n) is 44.7. The van der Waals surface area contributed by atoms with E-state index in [1.807, 2.05) is 0 Å². The number of nitrogens with two attached hydrogens (primary N) is 2. The number of nitrogen functional groups attached to an aromatic ring is 2. The summed E-state index contributed by atoms with van der Waals surface area (Å²) >= 11 is 0. The number of carbonyl (C=O) groups excluding carboxylic acids is 3. The fourth-order valence-electron chi connectivity index (χ4n) is 6.73. The second-order valence-corrected chi connectivity index (χ2v) is 22.1. The van der Waals surface area contributed by atoms with E-state index in [0.29, 0.717) is 56.5 Å². The molecule has 0 aliphatic heterocycles. The highest BCUT2D eigenvalue weighted by Crippen LogP contribution is 2.21. The molecule has 0 aliphatic carbocycles. The third kappa shape index (κ3) is 20.9. The zero-order chi connectivity index (χ0) is 60.2. The number of likely N-dealkylation sites (N-methyl/N-ethyl adjacent to an activating group) is 1. The van der Waals surface area contributed by atoms with E-state index in [1.165, 1.54) is 79.9 Å². The minimum atomic E-state index is -3.68. The molecule has 17 nitrogen and oxygen atoms in total. The number of benzene rings is 8. The molecule has 0 heterocycles. The van der Waals surface area contributed by atoms with E-state index in [0.717, 1.165) is 0 Å². The molecule has 0 saturated carbocycles. The minimum absolute atomic E-state index is 0.175. The third-order valence-corrected chi connectivity index (χ3v) is 15.0. The topological polar surface area (TPSA) is 278 Å². The van der Waals surface area contributed by atoms with E-state index < -0.39 is 30.1 Å². The van der Waals surface area contributed by atoms with Gasteiger partial charge in [-0.1, -0.05) is 120 Å². The summed E-state index contributed by atoms with van der Waals surface area (Å²) in [5.74, 6) is 15.9. The van der Waals surface area contributed by atoms with Crippen molar-refractivity contribution in [2.75, 3.05) is 43.3 Å². The molecule has 84 heavy (non-hydrogen) atoms. The molecule has 10 N–H and O–H groups in total. The molecule has 20 heteroatoms. The number of sulfonamides is 3. The lowest BCUT2D eigenvalue weighted by Gasteiger charge is -2.08. The van der Waals surface area contributed by atoms with Crippen molar-refractivity contribution < 1.29 is 39.6 Å². The van der Waals surface area contributed by atoms with Crippen LogP contribution in [0.1, 0.15) is 16.7 Å². The Morgan fingerprint density at radius 3 is 1.07 bits per heavy atom. The van der Waals surface area contributed by atoms with Crippen LogP contribution in [0.5, 0.6) is 0 Å². The Balaban J connectivity index is 0.000000204. The lowest BCUT2D eigenvalue weighted by Crippen LogP contribution is -2.13. The van der Waals surface area contributed by atoms with Crippen molar-refractivity contribution in [2.45, 2.75) is 14.7 Å². The normalized spacial score (nSPS) is 10.8. The Kier molecular flexibility index (Phi) is 23.0. The van der Waals surface area contributed by atoms with E-state index in [1.54, 1.807) is 176 Å². The number of nitrogens with one attached hydrogen (secondary N) is 6. The van der Waals surface area contributed by atoms with Gasteiger partial charge in [0.15, 0.2) is 0 Å². The highest BCUT2D eigenvalue weighted by atomic mass is 32.2. The molecule has 0 aromatic heterocycles. The highest BCUT2D eigenvalue weighted by molar-refractivity contribution is 7.93. The molecule has 8 aromatic carbocycles. The van der Waals surface area contributed by atoms with Crippen LogP contribution in [0.4, 0.5) is 39.8 Å². The lowest BCUT2D eigenvalue weighted by molar-refractivity contribution is -0.116. The average Bonchev–Trinajstić information content (AvgIpc) is 3.68. The summed E-state index contributed by atoms with van der Waals surface area (Å²) in [6.07, 6.45) is 8.22. The molecule has 0 bridgehead atoms. The molecule has 8 rings (SSSR count). The number of carbonyl (C=O) groups is 3. The van der Waals surface area contributed by atoms with Crippen LogP contribution in [0, 0.1) is 35.5 Å². The number of hydrogen-bond donors (Lipinski definition) is 8. The summed E-state index contributed by atoms with van der Waals surface area (Å²) in [5.41, 5.74) is 16.8. The number of amides is 3. The Morgan fingerprint density at radius 1 is 0.369 bits per heavy atom. The number of para-hydroxylation sites is 4. The Morgan fingerprint density at radius 2 is 0.702 bits per heavy atom. The molecule has 422 valence electrons. The van der Waals surface area contributed by atoms with Crippen molar-refractivity contribution in [3.63, 3.8) is 0 Å². The predicted molar refractivity (Wildman–Crippen MR) is 332 cm³/mol. The molecular formula is C64H54N8O9S3. The number of allylic oxidation sites excluding steroid dienone is 3. The van der Waals surface area contributed by atoms with Gasteiger partial charge in [-0.15, -0.1) is 0 Å². The van der Waals surface area contributed by atoms with Gasteiger partial charge in [0.1, 0.15) is 0 Å². The fourth-order valence-corrected chi connectivity index (χ4v) is 9.96. The average molecular weight is 1180 g/mol. The van der Waals surface area contributed by atoms with Crippen LogP contribution in [0.25, 0.3) is 0 Å². The maximum absolute atomic E-state index is 12.4. The van der Waals surface area contributed by atoms with Crippen LogP contribution in [-0.4, -0.2) is 50.0 Å². The van der Waals surface area contributed by atoms with Gasteiger partial charge < -0.3 is 27.4 Å². The summed E-state index contributed by atoms with van der Waals surface area (Å²) in [6.45, 7) is 0. The molecule has 0 unspecified atom stereocenters. The minimum Gasteiger partial charge on any atom is -0.397 e. The van der Waals surface area contributed by atoms with E-state index in [-0.39, 0.29) is 32.4 Å². The molecule has 0 radical (unpaired) electrons. The smallest absolute Gasteiger partial charge is 0.261 e. The maximum atomic E-state index is 12.4. The standard InChI is InChI=1S/2C23H19N3O3S.C18H16N2O3S/c24-21-14-5-6-15-22(21)25-23(27)16-7-4-9-18-10-8-11-19(17-18)26-30(28,29)20-12-2-1-3-13-20;24-21-11-5-6-12-22(21)25-23(27)13-7-4-8-18-14-16-19(17-15-18)26-30(28,29)20-9-2-1-3-10-20;1-19-18(21)10-6-5-7-15-11-13-16(14-12-15)20-24(22,23)17-8-3-2-4-9-17/h1-3,5-8,10-17,26H,24H2,(H,25,27);1-3,5-7,9-17,26H,24H2,(H,25,27);2-4,6,8-14,20H,1H3,(H,19,21)/b16-7+;13-7+;10-6+. The summed E-state index contributed by atoms with van der Waals surface area (Å²) < 4.78 is 81.4. The summed E-state index contributed by atoms with van der Waals surface area (Å²) in [5, 5.41) is 7.78. The Bertz CT molecular complexity index is 4230. The van der Waals surface area contributed by atoms with Crippen LogP contribution in [0.3, 0.4) is 0 Å². The molecule has 0 aliphatic rings. The number of rotatable bonds is 14. The molecule has 0 spiro atoms. The van der Waals surface area contributed by atoms with Crippen molar-refractivity contribution in [1.82, 2.24) is 5.32 Å². The van der Waals surface area contributed by atoms with Crippen LogP contribution >= 0.6 is 0 Å². The zero-order valence-corrected chi connectivity index (χ0v) is 47.2. The van der Waals surface area contributed by atoms with Gasteiger partial charge in [-0.25, -0.2) is 25.3 Å². The van der Waals surface area contributed by atoms with Gasteiger partial charge in [0.25, 0.3) is 30.1 Å². The predicted octanol–water partition coefficient (Wildman–Crippen LogP) is 9.37. The van der Waals surface area contributed by atoms with E-state index >= 15 is 0 Å². The van der Waals surface area contributed by atoms with Crippen LogP contribution < -0.4 is 41.6 Å². The molecule has 0 fully saturated rings. The fraction of sp³-hybridized carbons (Fsp3) is 0.0156. The van der Waals surface area contributed by atoms with Gasteiger partial charge in [0.2, 0.25) is 17.7 Å². The van der Waals surface area contributed by atoms with Gasteiger partial charge in [0.05, 0.1) is 43.1 Å².